The Kier molecular flexibility index (Phi) is 5.94. The maximum Gasteiger partial charge on any atom is 0.257 e. The molecule has 4 aromatic rings. The highest BCUT2D eigenvalue weighted by molar-refractivity contribution is 5.96. The van der Waals surface area contributed by atoms with E-state index in [0.29, 0.717) is 35.7 Å². The Hall–Kier alpha value is -3.68. The number of benzene rings is 1. The molecule has 32 heavy (non-hydrogen) atoms. The fourth-order valence-corrected chi connectivity index (χ4v) is 3.91. The van der Waals surface area contributed by atoms with Crippen LogP contribution in [-0.2, 0) is 12.8 Å². The van der Waals surface area contributed by atoms with Gasteiger partial charge in [0.1, 0.15) is 23.0 Å². The molecule has 8 heteroatoms. The fraction of sp³-hybridized carbons (Fsp3) is 0.333. The van der Waals surface area contributed by atoms with Crippen molar-refractivity contribution < 1.29 is 9.32 Å². The summed E-state index contributed by atoms with van der Waals surface area (Å²) in [5.74, 6) is 1.74. The van der Waals surface area contributed by atoms with E-state index >= 15 is 0 Å². The molecule has 4 rings (SSSR count). The number of H-pyrrole nitrogens is 1. The Balaban J connectivity index is 1.74. The number of aromatic nitrogens is 4. The molecule has 1 atom stereocenters. The molecule has 0 saturated heterocycles. The van der Waals surface area contributed by atoms with E-state index < -0.39 is 0 Å². The molecule has 0 radical (unpaired) electrons. The maximum absolute atomic E-state index is 13.3. The van der Waals surface area contributed by atoms with Gasteiger partial charge >= 0.3 is 0 Å². The zero-order valence-corrected chi connectivity index (χ0v) is 19.1. The number of anilines is 1. The first-order chi connectivity index (χ1) is 15.4. The number of para-hydroxylation sites is 1. The van der Waals surface area contributed by atoms with Crippen LogP contribution in [0.3, 0.4) is 0 Å². The molecule has 3 aromatic heterocycles. The molecule has 0 bridgehead atoms. The highest BCUT2D eigenvalue weighted by atomic mass is 16.5. The minimum atomic E-state index is -0.360. The molecular formula is C24H28N6O2. The number of nitrogens with zero attached hydrogens (tertiary/aromatic N) is 4. The predicted octanol–water partition coefficient (Wildman–Crippen LogP) is 3.90. The first-order valence-corrected chi connectivity index (χ1v) is 10.7. The van der Waals surface area contributed by atoms with Gasteiger partial charge in [0.2, 0.25) is 0 Å². The van der Waals surface area contributed by atoms with Crippen LogP contribution in [0, 0.1) is 13.8 Å². The number of carbonyl (C=O) groups excluding carboxylic acids is 1. The topological polar surface area (TPSA) is 99.9 Å². The number of nitrogens with one attached hydrogen (secondary N) is 2. The van der Waals surface area contributed by atoms with E-state index in [2.05, 4.69) is 31.5 Å². The van der Waals surface area contributed by atoms with Crippen molar-refractivity contribution >= 4 is 22.6 Å². The summed E-state index contributed by atoms with van der Waals surface area (Å²) >= 11 is 0. The molecule has 0 aliphatic heterocycles. The summed E-state index contributed by atoms with van der Waals surface area (Å²) in [6, 6.07) is 9.70. The zero-order valence-electron chi connectivity index (χ0n) is 19.1. The van der Waals surface area contributed by atoms with Crippen LogP contribution in [0.15, 0.2) is 41.1 Å². The second-order valence-electron chi connectivity index (χ2n) is 8.10. The average molecular weight is 433 g/mol. The van der Waals surface area contributed by atoms with Crippen molar-refractivity contribution in [2.45, 2.75) is 39.7 Å². The molecular weight excluding hydrogens is 404 g/mol. The molecule has 166 valence electrons. The SMILES string of the molecule is CCc1noc(C)c1C(=O)N[C@@H](Cc1c[nH]c2ccccc12)c1cc(N(C)C)nc(C)n1. The highest BCUT2D eigenvalue weighted by Crippen LogP contribution is 2.26. The summed E-state index contributed by atoms with van der Waals surface area (Å²) in [4.78, 5) is 27.7. The number of aromatic amines is 1. The van der Waals surface area contributed by atoms with Crippen molar-refractivity contribution in [2.75, 3.05) is 19.0 Å². The molecule has 1 amide bonds. The Morgan fingerprint density at radius 3 is 2.75 bits per heavy atom. The minimum absolute atomic E-state index is 0.215. The highest BCUT2D eigenvalue weighted by Gasteiger charge is 2.25. The Bertz CT molecular complexity index is 1260. The van der Waals surface area contributed by atoms with E-state index in [9.17, 15) is 4.79 Å². The van der Waals surface area contributed by atoms with Gasteiger partial charge in [0.05, 0.1) is 17.4 Å². The quantitative estimate of drug-likeness (QED) is 0.459. The van der Waals surface area contributed by atoms with Gasteiger partial charge in [-0.1, -0.05) is 30.3 Å². The number of aryl methyl sites for hydroxylation is 3. The summed E-state index contributed by atoms with van der Waals surface area (Å²) in [6.45, 7) is 5.57. The molecule has 1 aromatic carbocycles. The molecule has 0 spiro atoms. The van der Waals surface area contributed by atoms with Crippen LogP contribution in [0.25, 0.3) is 10.9 Å². The lowest BCUT2D eigenvalue weighted by atomic mass is 10.0. The molecule has 0 unspecified atom stereocenters. The normalized spacial score (nSPS) is 12.2. The first kappa shape index (κ1) is 21.5. The van der Waals surface area contributed by atoms with Gasteiger partial charge < -0.3 is 19.7 Å². The van der Waals surface area contributed by atoms with Crippen LogP contribution >= 0.6 is 0 Å². The van der Waals surface area contributed by atoms with Crippen molar-refractivity contribution in [3.05, 3.63) is 70.6 Å². The minimum Gasteiger partial charge on any atom is -0.363 e. The molecule has 0 aliphatic carbocycles. The maximum atomic E-state index is 13.3. The number of carbonyl (C=O) groups is 1. The van der Waals surface area contributed by atoms with Gasteiger partial charge in [-0.3, -0.25) is 4.79 Å². The molecule has 3 heterocycles. The number of rotatable bonds is 7. The van der Waals surface area contributed by atoms with Gasteiger partial charge in [-0.25, -0.2) is 9.97 Å². The van der Waals surface area contributed by atoms with Gasteiger partial charge in [0, 0.05) is 43.7 Å². The summed E-state index contributed by atoms with van der Waals surface area (Å²) < 4.78 is 5.28. The van der Waals surface area contributed by atoms with E-state index in [1.54, 1.807) is 6.92 Å². The van der Waals surface area contributed by atoms with Crippen molar-refractivity contribution in [1.29, 1.82) is 0 Å². The van der Waals surface area contributed by atoms with Gasteiger partial charge in [-0.15, -0.1) is 0 Å². The third-order valence-electron chi connectivity index (χ3n) is 5.56. The Labute approximate surface area is 187 Å². The third kappa shape index (κ3) is 4.21. The number of hydrogen-bond donors (Lipinski definition) is 2. The molecule has 2 N–H and O–H groups in total. The van der Waals surface area contributed by atoms with Crippen molar-refractivity contribution in [2.24, 2.45) is 0 Å². The fourth-order valence-electron chi connectivity index (χ4n) is 3.91. The lowest BCUT2D eigenvalue weighted by Gasteiger charge is -2.21. The van der Waals surface area contributed by atoms with Gasteiger partial charge in [0.15, 0.2) is 0 Å². The number of fused-ring (bicyclic) bond motifs is 1. The molecule has 0 saturated carbocycles. The van der Waals surface area contributed by atoms with Gasteiger partial charge in [-0.2, -0.15) is 0 Å². The lowest BCUT2D eigenvalue weighted by Crippen LogP contribution is -2.32. The smallest absolute Gasteiger partial charge is 0.257 e. The standard InChI is InChI=1S/C24H28N6O2/c1-6-18-23(14(2)32-29-18)24(31)28-20(21-12-22(30(4)5)27-15(3)26-21)11-16-13-25-19-10-8-7-9-17(16)19/h7-10,12-13,20,25H,6,11H2,1-5H3,(H,28,31)/t20-/m0/s1. The van der Waals surface area contributed by atoms with Crippen LogP contribution in [0.5, 0.6) is 0 Å². The second-order valence-corrected chi connectivity index (χ2v) is 8.10. The van der Waals surface area contributed by atoms with E-state index in [4.69, 9.17) is 4.52 Å². The van der Waals surface area contributed by atoms with Crippen LogP contribution < -0.4 is 10.2 Å². The predicted molar refractivity (Wildman–Crippen MR) is 124 cm³/mol. The van der Waals surface area contributed by atoms with Crippen LogP contribution in [0.4, 0.5) is 5.82 Å². The van der Waals surface area contributed by atoms with Gasteiger partial charge in [0.25, 0.3) is 5.91 Å². The van der Waals surface area contributed by atoms with E-state index in [1.165, 1.54) is 0 Å². The molecule has 8 nitrogen and oxygen atoms in total. The summed E-state index contributed by atoms with van der Waals surface area (Å²) in [5, 5.41) is 8.34. The van der Waals surface area contributed by atoms with Crippen LogP contribution in [0.1, 0.15) is 51.9 Å². The van der Waals surface area contributed by atoms with Gasteiger partial charge in [-0.05, 0) is 31.9 Å². The van der Waals surface area contributed by atoms with E-state index in [0.717, 1.165) is 28.0 Å². The van der Waals surface area contributed by atoms with Crippen molar-refractivity contribution in [3.8, 4) is 0 Å². The second kappa shape index (κ2) is 8.82. The first-order valence-electron chi connectivity index (χ1n) is 10.7. The van der Waals surface area contributed by atoms with Crippen molar-refractivity contribution in [1.82, 2.24) is 25.4 Å². The summed E-state index contributed by atoms with van der Waals surface area (Å²) in [7, 11) is 3.87. The van der Waals surface area contributed by atoms with E-state index in [1.807, 2.05) is 63.3 Å². The zero-order chi connectivity index (χ0) is 22.8. The molecule has 0 fully saturated rings. The Morgan fingerprint density at radius 1 is 1.22 bits per heavy atom. The molecule has 0 aliphatic rings. The van der Waals surface area contributed by atoms with Crippen LogP contribution in [0.2, 0.25) is 0 Å². The monoisotopic (exact) mass is 432 g/mol. The largest absolute Gasteiger partial charge is 0.363 e. The third-order valence-corrected chi connectivity index (χ3v) is 5.56. The number of amides is 1. The lowest BCUT2D eigenvalue weighted by molar-refractivity contribution is 0.0933. The van der Waals surface area contributed by atoms with E-state index in [-0.39, 0.29) is 11.9 Å². The Morgan fingerprint density at radius 2 is 2.00 bits per heavy atom. The summed E-state index contributed by atoms with van der Waals surface area (Å²) in [6.07, 6.45) is 3.18. The van der Waals surface area contributed by atoms with Crippen LogP contribution in [-0.4, -0.2) is 40.1 Å². The van der Waals surface area contributed by atoms with Crippen molar-refractivity contribution in [3.63, 3.8) is 0 Å². The average Bonchev–Trinajstić information content (AvgIpc) is 3.36. The summed E-state index contributed by atoms with van der Waals surface area (Å²) in [5.41, 5.74) is 4.07. The number of hydrogen-bond acceptors (Lipinski definition) is 6.